The van der Waals surface area contributed by atoms with E-state index in [-0.39, 0.29) is 18.6 Å². The lowest BCUT2D eigenvalue weighted by Crippen LogP contribution is -2.35. The Morgan fingerprint density at radius 2 is 2.25 bits per heavy atom. The van der Waals surface area contributed by atoms with E-state index in [1.165, 1.54) is 0 Å². The third-order valence-electron chi connectivity index (χ3n) is 3.44. The molecule has 2 N–H and O–H groups in total. The van der Waals surface area contributed by atoms with Crippen LogP contribution in [0.3, 0.4) is 0 Å². The van der Waals surface area contributed by atoms with E-state index in [0.717, 1.165) is 17.5 Å². The fraction of sp³-hybridized carbons (Fsp3) is 0.467. The molecule has 0 bridgehead atoms. The molecule has 0 saturated heterocycles. The van der Waals surface area contributed by atoms with E-state index in [4.69, 9.17) is 5.11 Å². The van der Waals surface area contributed by atoms with Gasteiger partial charge in [-0.2, -0.15) is 0 Å². The molecule has 2 aromatic rings. The lowest BCUT2D eigenvalue weighted by Gasteiger charge is -2.15. The molecule has 0 saturated carbocycles. The van der Waals surface area contributed by atoms with Gasteiger partial charge in [-0.05, 0) is 25.0 Å². The maximum atomic E-state index is 11.9. The van der Waals surface area contributed by atoms with Gasteiger partial charge in [-0.1, -0.05) is 19.1 Å². The van der Waals surface area contributed by atoms with E-state index >= 15 is 0 Å². The zero-order valence-electron chi connectivity index (χ0n) is 11.7. The summed E-state index contributed by atoms with van der Waals surface area (Å²) in [4.78, 5) is 16.2. The Balaban J connectivity index is 1.90. The third-order valence-corrected chi connectivity index (χ3v) is 3.44. The molecule has 1 atom stereocenters. The molecule has 1 aromatic heterocycles. The van der Waals surface area contributed by atoms with Gasteiger partial charge in [0, 0.05) is 25.6 Å². The summed E-state index contributed by atoms with van der Waals surface area (Å²) in [6, 6.07) is 7.94. The Morgan fingerprint density at radius 1 is 1.45 bits per heavy atom. The predicted octanol–water partition coefficient (Wildman–Crippen LogP) is 1.70. The number of aryl methyl sites for hydroxylation is 1. The van der Waals surface area contributed by atoms with Gasteiger partial charge >= 0.3 is 0 Å². The first-order valence-electron chi connectivity index (χ1n) is 7.04. The molecule has 108 valence electrons. The van der Waals surface area contributed by atoms with Gasteiger partial charge in [-0.25, -0.2) is 4.98 Å². The summed E-state index contributed by atoms with van der Waals surface area (Å²) in [6.45, 7) is 2.72. The van der Waals surface area contributed by atoms with Crippen molar-refractivity contribution in [2.45, 2.75) is 38.8 Å². The Labute approximate surface area is 118 Å². The highest BCUT2D eigenvalue weighted by Crippen LogP contribution is 2.12. The van der Waals surface area contributed by atoms with Crippen molar-refractivity contribution in [2.24, 2.45) is 0 Å². The fourth-order valence-electron chi connectivity index (χ4n) is 2.24. The molecule has 0 spiro atoms. The highest BCUT2D eigenvalue weighted by atomic mass is 16.3. The first-order valence-corrected chi connectivity index (χ1v) is 7.04. The lowest BCUT2D eigenvalue weighted by atomic mass is 10.1. The summed E-state index contributed by atoms with van der Waals surface area (Å²) >= 11 is 0. The van der Waals surface area contributed by atoms with Crippen LogP contribution in [0.25, 0.3) is 11.0 Å². The molecule has 5 nitrogen and oxygen atoms in total. The van der Waals surface area contributed by atoms with Gasteiger partial charge in [0.15, 0.2) is 0 Å². The zero-order chi connectivity index (χ0) is 14.4. The van der Waals surface area contributed by atoms with E-state index in [0.29, 0.717) is 19.4 Å². The Kier molecular flexibility index (Phi) is 5.12. The van der Waals surface area contributed by atoms with Crippen molar-refractivity contribution in [3.05, 3.63) is 30.6 Å². The summed E-state index contributed by atoms with van der Waals surface area (Å²) in [5.74, 6) is 0.0167. The predicted molar refractivity (Wildman–Crippen MR) is 78.3 cm³/mol. The van der Waals surface area contributed by atoms with Crippen molar-refractivity contribution in [3.8, 4) is 0 Å². The number of aliphatic hydroxyl groups is 1. The summed E-state index contributed by atoms with van der Waals surface area (Å²) in [5, 5.41) is 11.9. The number of hydrogen-bond acceptors (Lipinski definition) is 3. The van der Waals surface area contributed by atoms with Crippen molar-refractivity contribution < 1.29 is 9.90 Å². The number of hydrogen-bond donors (Lipinski definition) is 2. The van der Waals surface area contributed by atoms with Gasteiger partial charge in [0.1, 0.15) is 0 Å². The van der Waals surface area contributed by atoms with Crippen molar-refractivity contribution in [2.75, 3.05) is 6.61 Å². The molecule has 1 amide bonds. The van der Waals surface area contributed by atoms with Gasteiger partial charge in [0.25, 0.3) is 0 Å². The SMILES string of the molecule is CCC(CCO)NC(=O)CCn1cnc2ccccc21. The number of nitrogens with zero attached hydrogens (tertiary/aromatic N) is 2. The van der Waals surface area contributed by atoms with Crippen LogP contribution in [-0.4, -0.2) is 33.2 Å². The van der Waals surface area contributed by atoms with E-state index in [9.17, 15) is 4.79 Å². The average molecular weight is 275 g/mol. The number of carbonyl (C=O) groups excluding carboxylic acids is 1. The molecule has 0 aliphatic heterocycles. The molecule has 1 aromatic carbocycles. The minimum atomic E-state index is 0.0167. The Bertz CT molecular complexity index is 565. The first kappa shape index (κ1) is 14.5. The highest BCUT2D eigenvalue weighted by molar-refractivity contribution is 5.77. The van der Waals surface area contributed by atoms with Gasteiger partial charge < -0.3 is 15.0 Å². The zero-order valence-corrected chi connectivity index (χ0v) is 11.7. The van der Waals surface area contributed by atoms with Gasteiger partial charge in [0.2, 0.25) is 5.91 Å². The monoisotopic (exact) mass is 275 g/mol. The normalized spacial score (nSPS) is 12.5. The maximum Gasteiger partial charge on any atom is 0.222 e. The van der Waals surface area contributed by atoms with Crippen LogP contribution in [0.4, 0.5) is 0 Å². The molecule has 5 heteroatoms. The second-order valence-electron chi connectivity index (χ2n) is 4.86. The maximum absolute atomic E-state index is 11.9. The van der Waals surface area contributed by atoms with Crippen molar-refractivity contribution >= 4 is 16.9 Å². The minimum absolute atomic E-state index is 0.0167. The smallest absolute Gasteiger partial charge is 0.222 e. The number of carbonyl (C=O) groups is 1. The standard InChI is InChI=1S/C15H21N3O2/c1-2-12(8-10-19)17-15(20)7-9-18-11-16-13-5-3-4-6-14(13)18/h3-6,11-12,19H,2,7-10H2,1H3,(H,17,20). The van der Waals surface area contributed by atoms with Crippen LogP contribution in [0.1, 0.15) is 26.2 Å². The van der Waals surface area contributed by atoms with E-state index in [1.54, 1.807) is 6.33 Å². The molecule has 0 aliphatic rings. The van der Waals surface area contributed by atoms with Crippen LogP contribution in [0, 0.1) is 0 Å². The molecule has 20 heavy (non-hydrogen) atoms. The average Bonchev–Trinajstić information content (AvgIpc) is 2.88. The molecular formula is C15H21N3O2. The van der Waals surface area contributed by atoms with Crippen LogP contribution >= 0.6 is 0 Å². The van der Waals surface area contributed by atoms with E-state index in [1.807, 2.05) is 35.8 Å². The number of benzene rings is 1. The number of aromatic nitrogens is 2. The van der Waals surface area contributed by atoms with Crippen LogP contribution < -0.4 is 5.32 Å². The lowest BCUT2D eigenvalue weighted by molar-refractivity contribution is -0.122. The van der Waals surface area contributed by atoms with E-state index < -0.39 is 0 Å². The van der Waals surface area contributed by atoms with Gasteiger partial charge in [-0.3, -0.25) is 4.79 Å². The molecule has 0 fully saturated rings. The summed E-state index contributed by atoms with van der Waals surface area (Å²) in [6.07, 6.45) is 3.63. The van der Waals surface area contributed by atoms with Crippen LogP contribution in [0.5, 0.6) is 0 Å². The van der Waals surface area contributed by atoms with Crippen molar-refractivity contribution in [1.82, 2.24) is 14.9 Å². The molecule has 1 unspecified atom stereocenters. The highest BCUT2D eigenvalue weighted by Gasteiger charge is 2.10. The fourth-order valence-corrected chi connectivity index (χ4v) is 2.24. The molecule has 0 aliphatic carbocycles. The number of nitrogens with one attached hydrogen (secondary N) is 1. The van der Waals surface area contributed by atoms with Gasteiger partial charge in [0.05, 0.1) is 17.4 Å². The number of rotatable bonds is 7. The number of aliphatic hydroxyl groups excluding tert-OH is 1. The first-order chi connectivity index (χ1) is 9.74. The molecule has 1 heterocycles. The molecule has 2 rings (SSSR count). The molecule has 0 radical (unpaired) electrons. The van der Waals surface area contributed by atoms with Gasteiger partial charge in [-0.15, -0.1) is 0 Å². The van der Waals surface area contributed by atoms with Crippen molar-refractivity contribution in [1.29, 1.82) is 0 Å². The van der Waals surface area contributed by atoms with Crippen molar-refractivity contribution in [3.63, 3.8) is 0 Å². The summed E-state index contributed by atoms with van der Waals surface area (Å²) < 4.78 is 1.99. The largest absolute Gasteiger partial charge is 0.396 e. The summed E-state index contributed by atoms with van der Waals surface area (Å²) in [5.41, 5.74) is 1.99. The third kappa shape index (κ3) is 3.57. The minimum Gasteiger partial charge on any atom is -0.396 e. The molecular weight excluding hydrogens is 254 g/mol. The number of imidazole rings is 1. The van der Waals surface area contributed by atoms with Crippen LogP contribution in [-0.2, 0) is 11.3 Å². The number of para-hydroxylation sites is 2. The second-order valence-corrected chi connectivity index (χ2v) is 4.86. The number of fused-ring (bicyclic) bond motifs is 1. The summed E-state index contributed by atoms with van der Waals surface area (Å²) in [7, 11) is 0. The van der Waals surface area contributed by atoms with Crippen LogP contribution in [0.15, 0.2) is 30.6 Å². The number of amides is 1. The van der Waals surface area contributed by atoms with Crippen LogP contribution in [0.2, 0.25) is 0 Å². The second kappa shape index (κ2) is 7.05. The Morgan fingerprint density at radius 3 is 3.00 bits per heavy atom. The quantitative estimate of drug-likeness (QED) is 0.808. The Hall–Kier alpha value is -1.88. The topological polar surface area (TPSA) is 67.2 Å². The van der Waals surface area contributed by atoms with E-state index in [2.05, 4.69) is 10.3 Å².